The average molecular weight is 654 g/mol. The molecule has 0 fully saturated rings. The van der Waals surface area contributed by atoms with Gasteiger partial charge in [0.2, 0.25) is 0 Å². The van der Waals surface area contributed by atoms with E-state index in [4.69, 9.17) is 19.4 Å². The smallest absolute Gasteiger partial charge is 0.164 e. The number of benzene rings is 7. The predicted molar refractivity (Wildman–Crippen MR) is 210 cm³/mol. The van der Waals surface area contributed by atoms with Crippen LogP contribution in [0, 0.1) is 0 Å². The van der Waals surface area contributed by atoms with Crippen LogP contribution in [-0.4, -0.2) is 15.0 Å². The number of furan rings is 1. The zero-order chi connectivity index (χ0) is 33.7. The number of nitrogens with zero attached hydrogens (tertiary/aromatic N) is 3. The topological polar surface area (TPSA) is 51.8 Å². The summed E-state index contributed by atoms with van der Waals surface area (Å²) in [5.74, 6) is 1.98. The highest BCUT2D eigenvalue weighted by Gasteiger charge is 2.19. The Morgan fingerprint density at radius 3 is 1.96 bits per heavy atom. The van der Waals surface area contributed by atoms with Gasteiger partial charge in [-0.05, 0) is 81.6 Å². The van der Waals surface area contributed by atoms with Crippen molar-refractivity contribution in [2.24, 2.45) is 0 Å². The van der Waals surface area contributed by atoms with Crippen LogP contribution >= 0.6 is 0 Å². The molecule has 51 heavy (non-hydrogen) atoms. The van der Waals surface area contributed by atoms with Crippen LogP contribution in [0.2, 0.25) is 0 Å². The van der Waals surface area contributed by atoms with E-state index in [0.717, 1.165) is 73.4 Å². The summed E-state index contributed by atoms with van der Waals surface area (Å²) >= 11 is 0. The summed E-state index contributed by atoms with van der Waals surface area (Å²) in [5, 5.41) is 6.83. The molecule has 0 bridgehead atoms. The summed E-state index contributed by atoms with van der Waals surface area (Å²) in [7, 11) is 0. The molecule has 4 nitrogen and oxygen atoms in total. The van der Waals surface area contributed by atoms with Crippen molar-refractivity contribution in [3.05, 3.63) is 170 Å². The maximum atomic E-state index is 6.69. The highest BCUT2D eigenvalue weighted by molar-refractivity contribution is 6.21. The second-order valence-corrected chi connectivity index (χ2v) is 13.1. The second-order valence-electron chi connectivity index (χ2n) is 13.1. The fraction of sp³-hybridized carbons (Fsp3) is 0.0426. The van der Waals surface area contributed by atoms with Gasteiger partial charge in [0.1, 0.15) is 11.2 Å². The SMILES string of the molecule is C1=CC(c2nc(-c3ccccc3)nc(-c3ccc4oc5c6ccccc6cc(-c6ccc(-c7ccc8ccccc8c7)cc6)c5c4c3)n2)=CCC1. The molecule has 0 spiro atoms. The fourth-order valence-electron chi connectivity index (χ4n) is 7.32. The van der Waals surface area contributed by atoms with Crippen molar-refractivity contribution in [1.82, 2.24) is 15.0 Å². The van der Waals surface area contributed by atoms with Gasteiger partial charge in [-0.2, -0.15) is 0 Å². The maximum Gasteiger partial charge on any atom is 0.164 e. The van der Waals surface area contributed by atoms with E-state index in [1.54, 1.807) is 0 Å². The Kier molecular flexibility index (Phi) is 6.91. The lowest BCUT2D eigenvalue weighted by Gasteiger charge is -2.11. The first-order valence-corrected chi connectivity index (χ1v) is 17.4. The Morgan fingerprint density at radius 2 is 1.14 bits per heavy atom. The molecule has 9 aromatic rings. The normalized spacial score (nSPS) is 13.0. The zero-order valence-corrected chi connectivity index (χ0v) is 27.8. The third kappa shape index (κ3) is 5.20. The molecule has 0 atom stereocenters. The summed E-state index contributed by atoms with van der Waals surface area (Å²) in [4.78, 5) is 15.0. The van der Waals surface area contributed by atoms with E-state index in [0.29, 0.717) is 17.5 Å². The minimum absolute atomic E-state index is 0.636. The van der Waals surface area contributed by atoms with Crippen molar-refractivity contribution in [2.45, 2.75) is 12.8 Å². The van der Waals surface area contributed by atoms with Gasteiger partial charge >= 0.3 is 0 Å². The Morgan fingerprint density at radius 1 is 0.451 bits per heavy atom. The molecule has 2 heterocycles. The zero-order valence-electron chi connectivity index (χ0n) is 27.8. The summed E-state index contributed by atoms with van der Waals surface area (Å²) in [5.41, 5.74) is 9.25. The highest BCUT2D eigenvalue weighted by atomic mass is 16.3. The van der Waals surface area contributed by atoms with Crippen LogP contribution in [0.4, 0.5) is 0 Å². The van der Waals surface area contributed by atoms with Crippen molar-refractivity contribution < 1.29 is 4.42 Å². The number of hydrogen-bond acceptors (Lipinski definition) is 4. The van der Waals surface area contributed by atoms with E-state index in [2.05, 4.69) is 133 Å². The van der Waals surface area contributed by atoms with Gasteiger partial charge in [-0.25, -0.2) is 15.0 Å². The van der Waals surface area contributed by atoms with E-state index in [9.17, 15) is 0 Å². The van der Waals surface area contributed by atoms with Gasteiger partial charge in [-0.3, -0.25) is 0 Å². The van der Waals surface area contributed by atoms with Gasteiger partial charge in [-0.1, -0.05) is 133 Å². The molecule has 0 N–H and O–H groups in total. The first-order chi connectivity index (χ1) is 25.2. The lowest BCUT2D eigenvalue weighted by atomic mass is 9.93. The molecule has 0 amide bonds. The monoisotopic (exact) mass is 653 g/mol. The molecule has 1 aliphatic carbocycles. The van der Waals surface area contributed by atoms with E-state index in [-0.39, 0.29) is 0 Å². The van der Waals surface area contributed by atoms with Crippen LogP contribution in [0.3, 0.4) is 0 Å². The number of rotatable bonds is 5. The Labute approximate surface area is 295 Å². The van der Waals surface area contributed by atoms with Gasteiger partial charge in [0.15, 0.2) is 17.5 Å². The largest absolute Gasteiger partial charge is 0.455 e. The first kappa shape index (κ1) is 29.3. The van der Waals surface area contributed by atoms with Crippen LogP contribution in [-0.2, 0) is 0 Å². The van der Waals surface area contributed by atoms with Crippen molar-refractivity contribution in [3.8, 4) is 45.0 Å². The quantitative estimate of drug-likeness (QED) is 0.185. The third-order valence-electron chi connectivity index (χ3n) is 9.92. The van der Waals surface area contributed by atoms with E-state index >= 15 is 0 Å². The minimum Gasteiger partial charge on any atom is -0.455 e. The molecule has 1 aliphatic rings. The number of allylic oxidation sites excluding steroid dienone is 4. The molecule has 10 rings (SSSR count). The van der Waals surface area contributed by atoms with E-state index < -0.39 is 0 Å². The Bertz CT molecular complexity index is 2850. The number of hydrogen-bond donors (Lipinski definition) is 0. The molecule has 2 aromatic heterocycles. The van der Waals surface area contributed by atoms with Gasteiger partial charge < -0.3 is 4.42 Å². The molecule has 0 aliphatic heterocycles. The summed E-state index contributed by atoms with van der Waals surface area (Å²) < 4.78 is 6.69. The predicted octanol–water partition coefficient (Wildman–Crippen LogP) is 12.5. The number of fused-ring (bicyclic) bond motifs is 6. The van der Waals surface area contributed by atoms with Crippen LogP contribution in [0.1, 0.15) is 18.7 Å². The van der Waals surface area contributed by atoms with Crippen molar-refractivity contribution >= 4 is 49.1 Å². The molecular weight excluding hydrogens is 623 g/mol. The first-order valence-electron chi connectivity index (χ1n) is 17.4. The standard InChI is InChI=1S/C47H31N3O/c1-3-12-33(13-4-1)45-48-46(34-14-5-2-6-15-34)50-47(49-45)38-25-26-42-41(29-38)43-40(28-37-17-9-10-18-39(37)44(43)51-42)32-22-19-31(20-23-32)36-24-21-30-11-7-8-16-35(30)27-36/h1,3-5,7-29H,2,6H2. The Balaban J connectivity index is 1.15. The average Bonchev–Trinajstić information content (AvgIpc) is 3.60. The minimum atomic E-state index is 0.636. The summed E-state index contributed by atoms with van der Waals surface area (Å²) in [6.07, 6.45) is 8.52. The van der Waals surface area contributed by atoms with E-state index in [1.165, 1.54) is 21.9 Å². The van der Waals surface area contributed by atoms with E-state index in [1.807, 2.05) is 30.3 Å². The molecule has 7 aromatic carbocycles. The molecule has 0 radical (unpaired) electrons. The van der Waals surface area contributed by atoms with Gasteiger partial charge in [0.25, 0.3) is 0 Å². The van der Waals surface area contributed by atoms with Gasteiger partial charge in [0, 0.05) is 32.9 Å². The third-order valence-corrected chi connectivity index (χ3v) is 9.92. The summed E-state index contributed by atoms with van der Waals surface area (Å²) in [6, 6.07) is 51.2. The fourth-order valence-corrected chi connectivity index (χ4v) is 7.32. The van der Waals surface area contributed by atoms with Crippen molar-refractivity contribution in [3.63, 3.8) is 0 Å². The summed E-state index contributed by atoms with van der Waals surface area (Å²) in [6.45, 7) is 0. The van der Waals surface area contributed by atoms with Crippen LogP contribution in [0.5, 0.6) is 0 Å². The molecular formula is C47H31N3O. The number of aromatic nitrogens is 3. The van der Waals surface area contributed by atoms with Crippen molar-refractivity contribution in [2.75, 3.05) is 0 Å². The van der Waals surface area contributed by atoms with Gasteiger partial charge in [0.05, 0.1) is 0 Å². The van der Waals surface area contributed by atoms with Crippen LogP contribution in [0.15, 0.2) is 168 Å². The molecule has 4 heteroatoms. The lowest BCUT2D eigenvalue weighted by Crippen LogP contribution is -2.03. The second kappa shape index (κ2) is 12.0. The van der Waals surface area contributed by atoms with Crippen molar-refractivity contribution in [1.29, 1.82) is 0 Å². The molecule has 0 saturated heterocycles. The lowest BCUT2D eigenvalue weighted by molar-refractivity contribution is 0.673. The van der Waals surface area contributed by atoms with Crippen LogP contribution < -0.4 is 0 Å². The van der Waals surface area contributed by atoms with Gasteiger partial charge in [-0.15, -0.1) is 0 Å². The maximum absolute atomic E-state index is 6.69. The molecule has 240 valence electrons. The highest BCUT2D eigenvalue weighted by Crippen LogP contribution is 2.42. The molecule has 0 saturated carbocycles. The Hall–Kier alpha value is -6.65. The van der Waals surface area contributed by atoms with Crippen LogP contribution in [0.25, 0.3) is 94.1 Å². The molecule has 0 unspecified atom stereocenters.